The quantitative estimate of drug-likeness (QED) is 0.477. The number of carbonyl (C=O) groups excluding carboxylic acids is 1. The molecule has 25 heavy (non-hydrogen) atoms. The lowest BCUT2D eigenvalue weighted by molar-refractivity contribution is 0.0949. The molecule has 0 aliphatic carbocycles. The lowest BCUT2D eigenvalue weighted by atomic mass is 10.2. The first-order chi connectivity index (χ1) is 11.8. The zero-order chi connectivity index (χ0) is 18.6. The van der Waals surface area contributed by atoms with Gasteiger partial charge in [0.25, 0.3) is 5.91 Å². The van der Waals surface area contributed by atoms with Gasteiger partial charge >= 0.3 is 0 Å². The van der Waals surface area contributed by atoms with Gasteiger partial charge in [-0.05, 0) is 56.6 Å². The minimum Gasteiger partial charge on any atom is -0.378 e. The molecule has 0 saturated carbocycles. The Labute approximate surface area is 144 Å². The first-order valence-electron chi connectivity index (χ1n) is 7.48. The second-order valence-electron chi connectivity index (χ2n) is 5.71. The highest BCUT2D eigenvalue weighted by atomic mass is 16.6. The fraction of sp³-hybridized carbons (Fsp3) is 0.333. The molecule has 10 nitrogen and oxygen atoms in total. The van der Waals surface area contributed by atoms with Crippen LogP contribution in [-0.2, 0) is 0 Å². The predicted octanol–water partition coefficient (Wildman–Crippen LogP) is 1.56. The number of amides is 1. The summed E-state index contributed by atoms with van der Waals surface area (Å²) in [6.07, 6.45) is 3.88. The second kappa shape index (κ2) is 7.51. The van der Waals surface area contributed by atoms with E-state index in [1.807, 2.05) is 32.9 Å². The third kappa shape index (κ3) is 4.37. The van der Waals surface area contributed by atoms with Gasteiger partial charge in [0, 0.05) is 0 Å². The Morgan fingerprint density at radius 2 is 1.96 bits per heavy atom. The number of aromatic nitrogens is 5. The third-order valence-electron chi connectivity index (χ3n) is 3.09. The van der Waals surface area contributed by atoms with E-state index in [2.05, 4.69) is 35.8 Å². The smallest absolute Gasteiger partial charge is 0.293 e. The molecule has 0 fully saturated rings. The van der Waals surface area contributed by atoms with E-state index in [-0.39, 0.29) is 17.3 Å². The van der Waals surface area contributed by atoms with E-state index in [0.717, 1.165) is 5.57 Å². The van der Waals surface area contributed by atoms with Gasteiger partial charge in [0.2, 0.25) is 11.6 Å². The molecule has 0 bridgehead atoms. The Balaban J connectivity index is 2.15. The molecule has 0 unspecified atom stereocenters. The molecule has 2 aromatic rings. The molecule has 0 aliphatic rings. The molecule has 2 heterocycles. The summed E-state index contributed by atoms with van der Waals surface area (Å²) in [6, 6.07) is 0. The van der Waals surface area contributed by atoms with Crippen molar-refractivity contribution < 1.29 is 9.42 Å². The zero-order valence-corrected chi connectivity index (χ0v) is 14.7. The first-order valence-corrected chi connectivity index (χ1v) is 7.48. The van der Waals surface area contributed by atoms with Crippen LogP contribution in [-0.4, -0.2) is 36.9 Å². The molecule has 10 heteroatoms. The summed E-state index contributed by atoms with van der Waals surface area (Å²) < 4.78 is 5.79. The maximum atomic E-state index is 12.2. The van der Waals surface area contributed by atoms with Crippen molar-refractivity contribution in [3.8, 4) is 5.82 Å². The summed E-state index contributed by atoms with van der Waals surface area (Å²) >= 11 is 0. The molecule has 3 N–H and O–H groups in total. The minimum absolute atomic E-state index is 0.0497. The standard InChI is InChI=1S/C15H20N8O2/c1-8(2)6-9(3)7-10(4)17-19-15(24)12-11(5)23(22-18-12)14-13(16)20-25-21-14/h6-7H,1-5H3,(H2,16,20)(H,19,24)/b9-7+,17-10+. The SMILES string of the molecule is CC(C)=C/C(C)=C/C(C)=N/NC(=O)c1nnn(-c2nonc2N)c1C. The van der Waals surface area contributed by atoms with Crippen molar-refractivity contribution in [2.75, 3.05) is 5.73 Å². The lowest BCUT2D eigenvalue weighted by Crippen LogP contribution is -2.20. The Bertz CT molecular complexity index is 868. The van der Waals surface area contributed by atoms with Crippen LogP contribution in [0.5, 0.6) is 0 Å². The van der Waals surface area contributed by atoms with Crippen molar-refractivity contribution >= 4 is 17.4 Å². The summed E-state index contributed by atoms with van der Waals surface area (Å²) in [6.45, 7) is 9.41. The van der Waals surface area contributed by atoms with Crippen molar-refractivity contribution in [1.82, 2.24) is 30.7 Å². The van der Waals surface area contributed by atoms with E-state index in [1.165, 1.54) is 10.3 Å². The minimum atomic E-state index is -0.494. The van der Waals surface area contributed by atoms with Crippen LogP contribution >= 0.6 is 0 Å². The molecule has 2 rings (SSSR count). The number of anilines is 1. The van der Waals surface area contributed by atoms with Crippen molar-refractivity contribution in [2.45, 2.75) is 34.6 Å². The van der Waals surface area contributed by atoms with Gasteiger partial charge < -0.3 is 5.73 Å². The predicted molar refractivity (Wildman–Crippen MR) is 92.1 cm³/mol. The van der Waals surface area contributed by atoms with Crippen LogP contribution in [0, 0.1) is 6.92 Å². The van der Waals surface area contributed by atoms with Gasteiger partial charge in [-0.25, -0.2) is 10.1 Å². The van der Waals surface area contributed by atoms with Crippen LogP contribution < -0.4 is 11.2 Å². The number of hydrogen-bond acceptors (Lipinski definition) is 8. The Hall–Kier alpha value is -3.30. The van der Waals surface area contributed by atoms with Gasteiger partial charge in [-0.3, -0.25) is 4.79 Å². The Morgan fingerprint density at radius 1 is 1.24 bits per heavy atom. The summed E-state index contributed by atoms with van der Waals surface area (Å²) in [5, 5.41) is 18.8. The average Bonchev–Trinajstić information content (AvgIpc) is 3.09. The molecule has 0 atom stereocenters. The molecule has 0 radical (unpaired) electrons. The number of hydrazone groups is 1. The van der Waals surface area contributed by atoms with E-state index in [1.54, 1.807) is 13.8 Å². The van der Waals surface area contributed by atoms with Crippen LogP contribution in [0.3, 0.4) is 0 Å². The molecule has 2 aromatic heterocycles. The molecular formula is C15H20N8O2. The number of nitrogens with one attached hydrogen (secondary N) is 1. The van der Waals surface area contributed by atoms with Crippen molar-refractivity contribution in [1.29, 1.82) is 0 Å². The van der Waals surface area contributed by atoms with E-state index in [9.17, 15) is 4.79 Å². The van der Waals surface area contributed by atoms with E-state index >= 15 is 0 Å². The molecule has 132 valence electrons. The topological polar surface area (TPSA) is 137 Å². The normalized spacial score (nSPS) is 12.2. The number of nitrogens with two attached hydrogens (primary N) is 1. The van der Waals surface area contributed by atoms with Gasteiger partial charge in [-0.15, -0.1) is 5.10 Å². The zero-order valence-electron chi connectivity index (χ0n) is 14.7. The second-order valence-corrected chi connectivity index (χ2v) is 5.71. The van der Waals surface area contributed by atoms with Crippen LogP contribution in [0.15, 0.2) is 33.0 Å². The van der Waals surface area contributed by atoms with E-state index in [4.69, 9.17) is 5.73 Å². The maximum absolute atomic E-state index is 12.2. The van der Waals surface area contributed by atoms with Gasteiger partial charge in [-0.2, -0.15) is 9.78 Å². The van der Waals surface area contributed by atoms with Crippen molar-refractivity contribution in [2.24, 2.45) is 5.10 Å². The lowest BCUT2D eigenvalue weighted by Gasteiger charge is -2.00. The van der Waals surface area contributed by atoms with Gasteiger partial charge in [0.1, 0.15) is 0 Å². The summed E-state index contributed by atoms with van der Waals surface area (Å²) in [7, 11) is 0. The number of carbonyl (C=O) groups is 1. The highest BCUT2D eigenvalue weighted by molar-refractivity contribution is 5.97. The maximum Gasteiger partial charge on any atom is 0.293 e. The van der Waals surface area contributed by atoms with Crippen LogP contribution in [0.25, 0.3) is 5.82 Å². The fourth-order valence-corrected chi connectivity index (χ4v) is 2.13. The number of rotatable bonds is 5. The highest BCUT2D eigenvalue weighted by Gasteiger charge is 2.20. The average molecular weight is 344 g/mol. The molecule has 0 saturated heterocycles. The van der Waals surface area contributed by atoms with Gasteiger partial charge in [0.15, 0.2) is 5.69 Å². The number of hydrogen-bond donors (Lipinski definition) is 2. The van der Waals surface area contributed by atoms with E-state index in [0.29, 0.717) is 11.4 Å². The molecular weight excluding hydrogens is 324 g/mol. The van der Waals surface area contributed by atoms with Crippen molar-refractivity contribution in [3.05, 3.63) is 34.7 Å². The molecule has 0 aromatic carbocycles. The number of allylic oxidation sites excluding steroid dienone is 4. The first kappa shape index (κ1) is 18.0. The third-order valence-corrected chi connectivity index (χ3v) is 3.09. The summed E-state index contributed by atoms with van der Waals surface area (Å²) in [4.78, 5) is 12.2. The number of nitrogens with zero attached hydrogens (tertiary/aromatic N) is 6. The number of nitrogen functional groups attached to an aromatic ring is 1. The fourth-order valence-electron chi connectivity index (χ4n) is 2.13. The summed E-state index contributed by atoms with van der Waals surface area (Å²) in [5.74, 6) is -0.274. The Kier molecular flexibility index (Phi) is 5.42. The molecule has 0 aliphatic heterocycles. The van der Waals surface area contributed by atoms with Crippen LogP contribution in [0.1, 0.15) is 43.9 Å². The van der Waals surface area contributed by atoms with Gasteiger partial charge in [0.05, 0.1) is 11.4 Å². The largest absolute Gasteiger partial charge is 0.378 e. The molecule has 1 amide bonds. The monoisotopic (exact) mass is 344 g/mol. The van der Waals surface area contributed by atoms with Gasteiger partial charge in [-0.1, -0.05) is 16.9 Å². The van der Waals surface area contributed by atoms with Crippen LogP contribution in [0.4, 0.5) is 5.82 Å². The van der Waals surface area contributed by atoms with Crippen molar-refractivity contribution in [3.63, 3.8) is 0 Å². The Morgan fingerprint density at radius 3 is 2.56 bits per heavy atom. The van der Waals surface area contributed by atoms with E-state index < -0.39 is 5.91 Å². The molecule has 0 spiro atoms. The summed E-state index contributed by atoms with van der Waals surface area (Å²) in [5.41, 5.74) is 11.5. The van der Waals surface area contributed by atoms with Crippen LogP contribution in [0.2, 0.25) is 0 Å². The highest BCUT2D eigenvalue weighted by Crippen LogP contribution is 2.14.